The fourth-order valence-electron chi connectivity index (χ4n) is 4.98. The zero-order chi connectivity index (χ0) is 25.1. The van der Waals surface area contributed by atoms with Gasteiger partial charge in [-0.1, -0.05) is 17.7 Å². The van der Waals surface area contributed by atoms with Gasteiger partial charge < -0.3 is 19.7 Å². The molecule has 0 radical (unpaired) electrons. The number of anilines is 1. The van der Waals surface area contributed by atoms with Gasteiger partial charge in [-0.05, 0) is 67.4 Å². The molecule has 2 saturated heterocycles. The number of halogens is 2. The number of carbonyl (C=O) groups is 2. The van der Waals surface area contributed by atoms with Gasteiger partial charge in [0.1, 0.15) is 29.2 Å². The molecule has 36 heavy (non-hydrogen) atoms. The summed E-state index contributed by atoms with van der Waals surface area (Å²) in [6.45, 7) is -0.192. The molecule has 2 aliphatic rings. The maximum atomic E-state index is 13.2. The minimum atomic E-state index is -0.433. The van der Waals surface area contributed by atoms with E-state index in [1.807, 2.05) is 4.90 Å². The number of pyridine rings is 1. The lowest BCUT2D eigenvalue weighted by molar-refractivity contribution is -0.139. The molecule has 1 N–H and O–H groups in total. The SMILES string of the molecule is O=C(Nc1ccccn1)c1cc(Cl)ccc1OCC(=O)N1C2CCC1CC(Oc1ccc(F)cc1)C2. The number of aromatic nitrogens is 1. The molecule has 5 rings (SSSR count). The molecule has 2 bridgehead atoms. The summed E-state index contributed by atoms with van der Waals surface area (Å²) in [5.74, 6) is 0.421. The van der Waals surface area contributed by atoms with E-state index in [1.165, 1.54) is 18.2 Å². The predicted octanol–water partition coefficient (Wildman–Crippen LogP) is 5.11. The van der Waals surface area contributed by atoms with Crippen molar-refractivity contribution in [2.24, 2.45) is 0 Å². The van der Waals surface area contributed by atoms with Gasteiger partial charge >= 0.3 is 0 Å². The van der Waals surface area contributed by atoms with E-state index >= 15 is 0 Å². The molecule has 2 aromatic carbocycles. The van der Waals surface area contributed by atoms with E-state index in [0.29, 0.717) is 29.4 Å². The minimum Gasteiger partial charge on any atom is -0.490 e. The number of piperidine rings is 1. The molecule has 7 nitrogen and oxygen atoms in total. The average Bonchev–Trinajstić information content (AvgIpc) is 3.15. The third kappa shape index (κ3) is 5.44. The zero-order valence-corrected chi connectivity index (χ0v) is 20.2. The fourth-order valence-corrected chi connectivity index (χ4v) is 5.15. The van der Waals surface area contributed by atoms with E-state index in [4.69, 9.17) is 21.1 Å². The third-order valence-electron chi connectivity index (χ3n) is 6.54. The smallest absolute Gasteiger partial charge is 0.261 e. The van der Waals surface area contributed by atoms with Crippen molar-refractivity contribution in [1.82, 2.24) is 9.88 Å². The number of nitrogens with zero attached hydrogens (tertiary/aromatic N) is 2. The lowest BCUT2D eigenvalue weighted by Gasteiger charge is -2.38. The molecule has 2 amide bonds. The van der Waals surface area contributed by atoms with E-state index < -0.39 is 5.91 Å². The largest absolute Gasteiger partial charge is 0.490 e. The molecular weight excluding hydrogens is 485 g/mol. The number of ether oxygens (including phenoxy) is 2. The standard InChI is InChI=1S/C27H25ClFN3O4/c28-17-4-11-24(23(13-17)27(34)31-25-3-1-2-12-30-25)35-16-26(33)32-19-7-8-20(32)15-22(14-19)36-21-9-5-18(29)6-10-21/h1-6,9-13,19-20,22H,7-8,14-16H2,(H,30,31,34). The van der Waals surface area contributed by atoms with Gasteiger partial charge in [0.25, 0.3) is 11.8 Å². The third-order valence-corrected chi connectivity index (χ3v) is 6.77. The van der Waals surface area contributed by atoms with Crippen LogP contribution in [-0.4, -0.2) is 46.5 Å². The second kappa shape index (κ2) is 10.5. The monoisotopic (exact) mass is 509 g/mol. The van der Waals surface area contributed by atoms with Gasteiger partial charge in [0.15, 0.2) is 6.61 Å². The van der Waals surface area contributed by atoms with E-state index in [0.717, 1.165) is 12.8 Å². The van der Waals surface area contributed by atoms with Crippen molar-refractivity contribution in [3.8, 4) is 11.5 Å². The van der Waals surface area contributed by atoms with Gasteiger partial charge in [-0.15, -0.1) is 0 Å². The van der Waals surface area contributed by atoms with Crippen molar-refractivity contribution < 1.29 is 23.5 Å². The molecule has 2 aliphatic heterocycles. The van der Waals surface area contributed by atoms with E-state index in [2.05, 4.69) is 10.3 Å². The van der Waals surface area contributed by atoms with E-state index in [1.54, 1.807) is 48.7 Å². The molecule has 3 heterocycles. The Hall–Kier alpha value is -3.65. The van der Waals surface area contributed by atoms with Crippen LogP contribution in [0.15, 0.2) is 66.9 Å². The highest BCUT2D eigenvalue weighted by Gasteiger charge is 2.44. The highest BCUT2D eigenvalue weighted by molar-refractivity contribution is 6.31. The van der Waals surface area contributed by atoms with Gasteiger partial charge in [-0.2, -0.15) is 0 Å². The van der Waals surface area contributed by atoms with Crippen LogP contribution in [0.5, 0.6) is 11.5 Å². The Bertz CT molecular complexity index is 1230. The lowest BCUT2D eigenvalue weighted by Crippen LogP contribution is -2.50. The van der Waals surface area contributed by atoms with Crippen LogP contribution < -0.4 is 14.8 Å². The maximum absolute atomic E-state index is 13.2. The van der Waals surface area contributed by atoms with E-state index in [9.17, 15) is 14.0 Å². The van der Waals surface area contributed by atoms with Crippen LogP contribution in [0.25, 0.3) is 0 Å². The van der Waals surface area contributed by atoms with Crippen LogP contribution in [0.3, 0.4) is 0 Å². The average molecular weight is 510 g/mol. The Morgan fingerprint density at radius 3 is 2.50 bits per heavy atom. The van der Waals surface area contributed by atoms with Crippen molar-refractivity contribution in [1.29, 1.82) is 0 Å². The molecule has 9 heteroatoms. The lowest BCUT2D eigenvalue weighted by atomic mass is 9.99. The summed E-state index contributed by atoms with van der Waals surface area (Å²) in [5.41, 5.74) is 0.218. The normalized spacial score (nSPS) is 20.6. The molecule has 0 aliphatic carbocycles. The molecule has 0 spiro atoms. The fraction of sp³-hybridized carbons (Fsp3) is 0.296. The van der Waals surface area contributed by atoms with Gasteiger partial charge in [0.2, 0.25) is 0 Å². The van der Waals surface area contributed by atoms with Crippen molar-refractivity contribution in [3.05, 3.63) is 83.3 Å². The first-order valence-corrected chi connectivity index (χ1v) is 12.2. The number of hydrogen-bond acceptors (Lipinski definition) is 5. The van der Waals surface area contributed by atoms with Crippen molar-refractivity contribution in [2.45, 2.75) is 43.9 Å². The highest BCUT2D eigenvalue weighted by atomic mass is 35.5. The summed E-state index contributed by atoms with van der Waals surface area (Å²) >= 11 is 6.12. The van der Waals surface area contributed by atoms with Gasteiger partial charge in [0, 0.05) is 36.1 Å². The van der Waals surface area contributed by atoms with Crippen molar-refractivity contribution in [2.75, 3.05) is 11.9 Å². The summed E-state index contributed by atoms with van der Waals surface area (Å²) in [7, 11) is 0. The first-order valence-electron chi connectivity index (χ1n) is 11.8. The first kappa shape index (κ1) is 24.1. The van der Waals surface area contributed by atoms with Crippen LogP contribution in [0.2, 0.25) is 5.02 Å². The molecule has 3 aromatic rings. The predicted molar refractivity (Wildman–Crippen MR) is 133 cm³/mol. The second-order valence-corrected chi connectivity index (χ2v) is 9.39. The number of nitrogens with one attached hydrogen (secondary N) is 1. The van der Waals surface area contributed by atoms with Crippen LogP contribution in [-0.2, 0) is 4.79 Å². The van der Waals surface area contributed by atoms with Gasteiger partial charge in [-0.3, -0.25) is 9.59 Å². The maximum Gasteiger partial charge on any atom is 0.261 e. The van der Waals surface area contributed by atoms with Crippen molar-refractivity contribution in [3.63, 3.8) is 0 Å². The summed E-state index contributed by atoms with van der Waals surface area (Å²) < 4.78 is 25.1. The number of amides is 2. The van der Waals surface area contributed by atoms with Crippen LogP contribution in [0.1, 0.15) is 36.0 Å². The molecular formula is C27H25ClFN3O4. The van der Waals surface area contributed by atoms with E-state index in [-0.39, 0.29) is 47.8 Å². The zero-order valence-electron chi connectivity index (χ0n) is 19.4. The minimum absolute atomic E-state index is 0.0314. The number of hydrogen-bond donors (Lipinski definition) is 1. The second-order valence-electron chi connectivity index (χ2n) is 8.95. The Kier molecular flexibility index (Phi) is 7.04. The quantitative estimate of drug-likeness (QED) is 0.479. The van der Waals surface area contributed by atoms with Crippen LogP contribution in [0.4, 0.5) is 10.2 Å². The number of benzene rings is 2. The van der Waals surface area contributed by atoms with Gasteiger partial charge in [0.05, 0.1) is 5.56 Å². The summed E-state index contributed by atoms with van der Waals surface area (Å²) in [4.78, 5) is 32.0. The molecule has 1 aromatic heterocycles. The summed E-state index contributed by atoms with van der Waals surface area (Å²) in [5, 5.41) is 3.09. The summed E-state index contributed by atoms with van der Waals surface area (Å²) in [6.07, 6.45) is 4.76. The van der Waals surface area contributed by atoms with Crippen molar-refractivity contribution >= 4 is 29.2 Å². The topological polar surface area (TPSA) is 80.8 Å². The Balaban J connectivity index is 1.21. The molecule has 2 fully saturated rings. The molecule has 0 saturated carbocycles. The Morgan fingerprint density at radius 1 is 1.06 bits per heavy atom. The number of carbonyl (C=O) groups excluding carboxylic acids is 2. The molecule has 186 valence electrons. The number of fused-ring (bicyclic) bond motifs is 2. The van der Waals surface area contributed by atoms with Crippen LogP contribution in [0, 0.1) is 5.82 Å². The molecule has 2 unspecified atom stereocenters. The Labute approximate surface area is 213 Å². The summed E-state index contributed by atoms with van der Waals surface area (Å²) in [6, 6.07) is 16.0. The highest BCUT2D eigenvalue weighted by Crippen LogP contribution is 2.37. The van der Waals surface area contributed by atoms with Gasteiger partial charge in [-0.25, -0.2) is 9.37 Å². The Morgan fingerprint density at radius 2 is 1.81 bits per heavy atom. The number of rotatable bonds is 7. The first-order chi connectivity index (χ1) is 17.5. The van der Waals surface area contributed by atoms with Crippen LogP contribution >= 0.6 is 11.6 Å². The molecule has 2 atom stereocenters.